The molecule has 0 heterocycles. The highest BCUT2D eigenvalue weighted by Crippen LogP contribution is 2.16. The van der Waals surface area contributed by atoms with Gasteiger partial charge in [0.1, 0.15) is 23.2 Å². The van der Waals surface area contributed by atoms with E-state index < -0.39 is 11.7 Å². The van der Waals surface area contributed by atoms with Crippen LogP contribution in [-0.2, 0) is 4.79 Å². The highest BCUT2D eigenvalue weighted by Gasteiger charge is 2.11. The van der Waals surface area contributed by atoms with Crippen LogP contribution in [0.5, 0.6) is 5.75 Å². The summed E-state index contributed by atoms with van der Waals surface area (Å²) in [5.41, 5.74) is 0.581. The summed E-state index contributed by atoms with van der Waals surface area (Å²) in [6.45, 7) is 0. The fourth-order valence-electron chi connectivity index (χ4n) is 1.77. The van der Waals surface area contributed by atoms with E-state index in [4.69, 9.17) is 10.00 Å². The minimum atomic E-state index is -0.664. The van der Waals surface area contributed by atoms with E-state index in [0.717, 1.165) is 0 Å². The molecule has 1 amide bonds. The molecular formula is C17H13FN2O2. The monoisotopic (exact) mass is 296 g/mol. The Kier molecular flexibility index (Phi) is 4.89. The van der Waals surface area contributed by atoms with Crippen molar-refractivity contribution in [1.82, 2.24) is 0 Å². The van der Waals surface area contributed by atoms with Gasteiger partial charge in [-0.15, -0.1) is 0 Å². The maximum absolute atomic E-state index is 13.5. The second-order valence-corrected chi connectivity index (χ2v) is 4.38. The second kappa shape index (κ2) is 7.04. The summed E-state index contributed by atoms with van der Waals surface area (Å²) in [5, 5.41) is 11.5. The Morgan fingerprint density at radius 3 is 2.50 bits per heavy atom. The topological polar surface area (TPSA) is 62.1 Å². The molecular weight excluding hydrogens is 283 g/mol. The Morgan fingerprint density at radius 2 is 1.91 bits per heavy atom. The van der Waals surface area contributed by atoms with E-state index in [9.17, 15) is 9.18 Å². The lowest BCUT2D eigenvalue weighted by atomic mass is 10.1. The van der Waals surface area contributed by atoms with Crippen LogP contribution >= 0.6 is 0 Å². The van der Waals surface area contributed by atoms with Crippen LogP contribution in [0.2, 0.25) is 0 Å². The predicted octanol–water partition coefficient (Wildman–Crippen LogP) is 3.38. The molecule has 4 nitrogen and oxygen atoms in total. The molecule has 0 bridgehead atoms. The van der Waals surface area contributed by atoms with Gasteiger partial charge in [0.05, 0.1) is 12.8 Å². The number of hydrogen-bond acceptors (Lipinski definition) is 3. The Labute approximate surface area is 127 Å². The lowest BCUT2D eigenvalue weighted by Crippen LogP contribution is -2.14. The fraction of sp³-hybridized carbons (Fsp3) is 0.0588. The SMILES string of the molecule is COc1ccc(C=C(C#N)C(=O)Nc2ccccc2F)cc1. The maximum Gasteiger partial charge on any atom is 0.266 e. The Balaban J connectivity index is 2.20. The molecule has 2 rings (SSSR count). The number of carbonyl (C=O) groups is 1. The number of rotatable bonds is 4. The number of benzene rings is 2. The number of anilines is 1. The van der Waals surface area contributed by atoms with Crippen molar-refractivity contribution in [1.29, 1.82) is 5.26 Å². The predicted molar refractivity (Wildman–Crippen MR) is 81.6 cm³/mol. The molecule has 0 fully saturated rings. The van der Waals surface area contributed by atoms with Gasteiger partial charge in [-0.05, 0) is 35.9 Å². The van der Waals surface area contributed by atoms with Crippen molar-refractivity contribution < 1.29 is 13.9 Å². The van der Waals surface area contributed by atoms with E-state index in [2.05, 4.69) is 5.32 Å². The summed E-state index contributed by atoms with van der Waals surface area (Å²) in [7, 11) is 1.55. The van der Waals surface area contributed by atoms with E-state index in [0.29, 0.717) is 11.3 Å². The van der Waals surface area contributed by atoms with Crippen LogP contribution in [0.15, 0.2) is 54.1 Å². The molecule has 0 saturated heterocycles. The zero-order valence-electron chi connectivity index (χ0n) is 11.8. The summed E-state index contributed by atoms with van der Waals surface area (Å²) >= 11 is 0. The highest BCUT2D eigenvalue weighted by molar-refractivity contribution is 6.09. The average molecular weight is 296 g/mol. The van der Waals surface area contributed by atoms with E-state index >= 15 is 0 Å². The van der Waals surface area contributed by atoms with Crippen molar-refractivity contribution in [3.8, 4) is 11.8 Å². The first-order valence-electron chi connectivity index (χ1n) is 6.46. The van der Waals surface area contributed by atoms with Gasteiger partial charge in [0.25, 0.3) is 5.91 Å². The molecule has 0 atom stereocenters. The van der Waals surface area contributed by atoms with E-state index in [1.807, 2.05) is 6.07 Å². The van der Waals surface area contributed by atoms with Crippen LogP contribution in [0.4, 0.5) is 10.1 Å². The number of para-hydroxylation sites is 1. The first kappa shape index (κ1) is 15.3. The Bertz CT molecular complexity index is 746. The number of methoxy groups -OCH3 is 1. The summed E-state index contributed by atoms with van der Waals surface area (Å²) in [6.07, 6.45) is 1.43. The summed E-state index contributed by atoms with van der Waals surface area (Å²) < 4.78 is 18.5. The molecule has 2 aromatic rings. The zero-order chi connectivity index (χ0) is 15.9. The molecule has 1 N–H and O–H groups in total. The molecule has 5 heteroatoms. The number of hydrogen-bond donors (Lipinski definition) is 1. The summed E-state index contributed by atoms with van der Waals surface area (Å²) in [5.74, 6) is -0.549. The number of nitrogens with zero attached hydrogens (tertiary/aromatic N) is 1. The molecule has 0 aliphatic rings. The number of nitriles is 1. The van der Waals surface area contributed by atoms with Gasteiger partial charge >= 0.3 is 0 Å². The third kappa shape index (κ3) is 3.70. The molecule has 22 heavy (non-hydrogen) atoms. The molecule has 0 radical (unpaired) electrons. The van der Waals surface area contributed by atoms with Gasteiger partial charge < -0.3 is 10.1 Å². The van der Waals surface area contributed by atoms with Crippen LogP contribution < -0.4 is 10.1 Å². The Morgan fingerprint density at radius 1 is 1.23 bits per heavy atom. The summed E-state index contributed by atoms with van der Waals surface area (Å²) in [4.78, 5) is 12.0. The zero-order valence-corrected chi connectivity index (χ0v) is 11.8. The number of amides is 1. The van der Waals surface area contributed by atoms with Crippen molar-refractivity contribution in [2.75, 3.05) is 12.4 Å². The van der Waals surface area contributed by atoms with Crippen LogP contribution in [0.25, 0.3) is 6.08 Å². The van der Waals surface area contributed by atoms with Crippen molar-refractivity contribution >= 4 is 17.7 Å². The molecule has 0 spiro atoms. The third-order valence-electron chi connectivity index (χ3n) is 2.91. The molecule has 2 aromatic carbocycles. The van der Waals surface area contributed by atoms with Gasteiger partial charge in [-0.1, -0.05) is 24.3 Å². The number of nitrogens with one attached hydrogen (secondary N) is 1. The minimum absolute atomic E-state index is 0.0309. The fourth-order valence-corrected chi connectivity index (χ4v) is 1.77. The summed E-state index contributed by atoms with van der Waals surface area (Å²) in [6, 6.07) is 14.4. The first-order chi connectivity index (χ1) is 10.6. The van der Waals surface area contributed by atoms with Crippen LogP contribution in [0.1, 0.15) is 5.56 Å². The maximum atomic E-state index is 13.5. The van der Waals surface area contributed by atoms with Crippen molar-refractivity contribution in [2.24, 2.45) is 0 Å². The van der Waals surface area contributed by atoms with Crippen molar-refractivity contribution in [2.45, 2.75) is 0 Å². The molecule has 0 aliphatic heterocycles. The second-order valence-electron chi connectivity index (χ2n) is 4.38. The number of carbonyl (C=O) groups excluding carboxylic acids is 1. The number of ether oxygens (including phenoxy) is 1. The van der Waals surface area contributed by atoms with Gasteiger partial charge in [-0.2, -0.15) is 5.26 Å². The Hall–Kier alpha value is -3.13. The number of halogens is 1. The van der Waals surface area contributed by atoms with Crippen LogP contribution in [0.3, 0.4) is 0 Å². The van der Waals surface area contributed by atoms with E-state index in [1.54, 1.807) is 37.4 Å². The van der Waals surface area contributed by atoms with E-state index in [-0.39, 0.29) is 11.3 Å². The highest BCUT2D eigenvalue weighted by atomic mass is 19.1. The largest absolute Gasteiger partial charge is 0.497 e. The molecule has 110 valence electrons. The van der Waals surface area contributed by atoms with Crippen LogP contribution in [0, 0.1) is 17.1 Å². The third-order valence-corrected chi connectivity index (χ3v) is 2.91. The van der Waals surface area contributed by atoms with Crippen molar-refractivity contribution in [3.63, 3.8) is 0 Å². The van der Waals surface area contributed by atoms with Gasteiger partial charge in [0.2, 0.25) is 0 Å². The van der Waals surface area contributed by atoms with Gasteiger partial charge in [-0.25, -0.2) is 4.39 Å². The smallest absolute Gasteiger partial charge is 0.266 e. The lowest BCUT2D eigenvalue weighted by molar-refractivity contribution is -0.112. The van der Waals surface area contributed by atoms with Gasteiger partial charge in [0, 0.05) is 0 Å². The standard InChI is InChI=1S/C17H13FN2O2/c1-22-14-8-6-12(7-9-14)10-13(11-19)17(21)20-16-5-3-2-4-15(16)18/h2-10H,1H3,(H,20,21). The molecule has 0 unspecified atom stereocenters. The molecule has 0 aliphatic carbocycles. The van der Waals surface area contributed by atoms with Crippen LogP contribution in [-0.4, -0.2) is 13.0 Å². The average Bonchev–Trinajstić information content (AvgIpc) is 2.55. The minimum Gasteiger partial charge on any atom is -0.497 e. The first-order valence-corrected chi connectivity index (χ1v) is 6.46. The van der Waals surface area contributed by atoms with E-state index in [1.165, 1.54) is 24.3 Å². The van der Waals surface area contributed by atoms with Crippen molar-refractivity contribution in [3.05, 3.63) is 65.5 Å². The quantitative estimate of drug-likeness (QED) is 0.695. The normalized spacial score (nSPS) is 10.7. The molecule has 0 saturated carbocycles. The lowest BCUT2D eigenvalue weighted by Gasteiger charge is -2.05. The van der Waals surface area contributed by atoms with Gasteiger partial charge in [0.15, 0.2) is 0 Å². The molecule has 0 aromatic heterocycles. The van der Waals surface area contributed by atoms with Gasteiger partial charge in [-0.3, -0.25) is 4.79 Å².